The van der Waals surface area contributed by atoms with Crippen molar-refractivity contribution in [1.29, 1.82) is 0 Å². The van der Waals surface area contributed by atoms with Crippen LogP contribution in [0, 0.1) is 0 Å². The number of hydrogen-bond donors (Lipinski definition) is 0. The van der Waals surface area contributed by atoms with Crippen LogP contribution in [0.15, 0.2) is 42.7 Å². The van der Waals surface area contributed by atoms with Crippen molar-refractivity contribution in [2.75, 3.05) is 49.1 Å². The summed E-state index contributed by atoms with van der Waals surface area (Å²) in [4.78, 5) is 28.2. The number of nitrogens with zero attached hydrogens (tertiary/aromatic N) is 5. The van der Waals surface area contributed by atoms with E-state index >= 15 is 0 Å². The third-order valence-electron chi connectivity index (χ3n) is 5.48. The maximum absolute atomic E-state index is 12.6. The van der Waals surface area contributed by atoms with Crippen LogP contribution in [0.4, 0.5) is 11.5 Å². The van der Waals surface area contributed by atoms with Gasteiger partial charge in [0.1, 0.15) is 11.5 Å². The van der Waals surface area contributed by atoms with E-state index in [4.69, 9.17) is 0 Å². The summed E-state index contributed by atoms with van der Waals surface area (Å²) in [6, 6.07) is 10.5. The number of aromatic nitrogens is 2. The Bertz CT molecular complexity index is 733. The van der Waals surface area contributed by atoms with Gasteiger partial charge in [0, 0.05) is 45.0 Å². The van der Waals surface area contributed by atoms with Crippen molar-refractivity contribution in [2.45, 2.75) is 25.7 Å². The predicted molar refractivity (Wildman–Crippen MR) is 107 cm³/mol. The van der Waals surface area contributed by atoms with E-state index < -0.39 is 0 Å². The quantitative estimate of drug-likeness (QED) is 0.837. The topological polar surface area (TPSA) is 52.6 Å². The molecule has 1 aromatic carbocycles. The molecule has 2 fully saturated rings. The van der Waals surface area contributed by atoms with E-state index in [9.17, 15) is 4.79 Å². The van der Waals surface area contributed by atoms with Gasteiger partial charge in [-0.15, -0.1) is 0 Å². The molecular weight excluding hydrogens is 338 g/mol. The molecular formula is C21H27N5O. The van der Waals surface area contributed by atoms with Crippen molar-refractivity contribution in [3.63, 3.8) is 0 Å². The first-order chi connectivity index (χ1) is 13.3. The van der Waals surface area contributed by atoms with Gasteiger partial charge in [-0.2, -0.15) is 0 Å². The molecule has 3 heterocycles. The van der Waals surface area contributed by atoms with Gasteiger partial charge in [-0.3, -0.25) is 4.79 Å². The van der Waals surface area contributed by atoms with Crippen LogP contribution in [0.1, 0.15) is 36.2 Å². The van der Waals surface area contributed by atoms with Crippen LogP contribution in [0.25, 0.3) is 0 Å². The Labute approximate surface area is 160 Å². The Morgan fingerprint density at radius 2 is 1.41 bits per heavy atom. The molecule has 0 radical (unpaired) electrons. The second-order valence-electron chi connectivity index (χ2n) is 7.28. The maximum Gasteiger partial charge on any atom is 0.274 e. The Morgan fingerprint density at radius 3 is 2.04 bits per heavy atom. The Hall–Kier alpha value is -2.63. The van der Waals surface area contributed by atoms with Gasteiger partial charge < -0.3 is 14.7 Å². The fourth-order valence-corrected chi connectivity index (χ4v) is 3.86. The largest absolute Gasteiger partial charge is 0.368 e. The second kappa shape index (κ2) is 8.37. The number of piperazine rings is 1. The Balaban J connectivity index is 1.36. The number of para-hydroxylation sites is 1. The van der Waals surface area contributed by atoms with Gasteiger partial charge >= 0.3 is 0 Å². The van der Waals surface area contributed by atoms with Gasteiger partial charge in [-0.1, -0.05) is 31.0 Å². The molecule has 2 saturated heterocycles. The summed E-state index contributed by atoms with van der Waals surface area (Å²) in [5.74, 6) is 0.875. The lowest BCUT2D eigenvalue weighted by Gasteiger charge is -2.36. The van der Waals surface area contributed by atoms with Crippen LogP contribution < -0.4 is 9.80 Å². The number of rotatable bonds is 3. The molecule has 4 rings (SSSR count). The van der Waals surface area contributed by atoms with Gasteiger partial charge in [0.25, 0.3) is 5.91 Å². The molecule has 6 nitrogen and oxygen atoms in total. The lowest BCUT2D eigenvalue weighted by atomic mass is 10.2. The Morgan fingerprint density at radius 1 is 0.741 bits per heavy atom. The number of hydrogen-bond acceptors (Lipinski definition) is 5. The summed E-state index contributed by atoms with van der Waals surface area (Å²) in [5.41, 5.74) is 1.73. The van der Waals surface area contributed by atoms with Crippen molar-refractivity contribution in [3.05, 3.63) is 48.4 Å². The summed E-state index contributed by atoms with van der Waals surface area (Å²) >= 11 is 0. The van der Waals surface area contributed by atoms with Crippen molar-refractivity contribution < 1.29 is 4.79 Å². The number of benzene rings is 1. The highest BCUT2D eigenvalue weighted by Crippen LogP contribution is 2.19. The minimum atomic E-state index is 0.0184. The first-order valence-electron chi connectivity index (χ1n) is 9.97. The molecule has 1 amide bonds. The number of likely N-dealkylation sites (tertiary alicyclic amines) is 1. The van der Waals surface area contributed by atoms with Crippen LogP contribution in [-0.4, -0.2) is 60.0 Å². The minimum Gasteiger partial charge on any atom is -0.368 e. The summed E-state index contributed by atoms with van der Waals surface area (Å²) in [7, 11) is 0. The molecule has 0 bridgehead atoms. The van der Waals surface area contributed by atoms with Gasteiger partial charge in [0.15, 0.2) is 0 Å². The van der Waals surface area contributed by atoms with Crippen LogP contribution in [-0.2, 0) is 0 Å². The van der Waals surface area contributed by atoms with Gasteiger partial charge in [-0.05, 0) is 25.0 Å². The van der Waals surface area contributed by atoms with E-state index in [0.717, 1.165) is 57.9 Å². The SMILES string of the molecule is O=C(c1cnc(N2CCN(c3ccccc3)CC2)cn1)N1CCCCCC1. The number of carbonyl (C=O) groups excluding carboxylic acids is 1. The minimum absolute atomic E-state index is 0.0184. The number of amides is 1. The van der Waals surface area contributed by atoms with E-state index in [2.05, 4.69) is 44.0 Å². The maximum atomic E-state index is 12.6. The predicted octanol–water partition coefficient (Wildman–Crippen LogP) is 2.82. The van der Waals surface area contributed by atoms with Crippen molar-refractivity contribution in [3.8, 4) is 0 Å². The molecule has 2 aliphatic heterocycles. The van der Waals surface area contributed by atoms with E-state index in [1.54, 1.807) is 12.4 Å². The van der Waals surface area contributed by atoms with E-state index in [1.165, 1.54) is 18.5 Å². The number of carbonyl (C=O) groups is 1. The molecule has 27 heavy (non-hydrogen) atoms. The third kappa shape index (κ3) is 4.21. The molecule has 2 aromatic rings. The van der Waals surface area contributed by atoms with Gasteiger partial charge in [-0.25, -0.2) is 9.97 Å². The normalized spacial score (nSPS) is 18.3. The van der Waals surface area contributed by atoms with Crippen LogP contribution in [0.2, 0.25) is 0 Å². The molecule has 1 aromatic heterocycles. The van der Waals surface area contributed by atoms with Crippen LogP contribution in [0.5, 0.6) is 0 Å². The molecule has 0 spiro atoms. The zero-order chi connectivity index (χ0) is 18.5. The average molecular weight is 365 g/mol. The van der Waals surface area contributed by atoms with Crippen molar-refractivity contribution >= 4 is 17.4 Å². The van der Waals surface area contributed by atoms with Crippen LogP contribution >= 0.6 is 0 Å². The highest BCUT2D eigenvalue weighted by molar-refractivity contribution is 5.92. The highest BCUT2D eigenvalue weighted by Gasteiger charge is 2.21. The molecule has 142 valence electrons. The number of anilines is 2. The second-order valence-corrected chi connectivity index (χ2v) is 7.28. The monoisotopic (exact) mass is 365 g/mol. The molecule has 2 aliphatic rings. The lowest BCUT2D eigenvalue weighted by molar-refractivity contribution is 0.0755. The fourth-order valence-electron chi connectivity index (χ4n) is 3.86. The Kier molecular flexibility index (Phi) is 5.51. The van der Waals surface area contributed by atoms with Crippen molar-refractivity contribution in [1.82, 2.24) is 14.9 Å². The summed E-state index contributed by atoms with van der Waals surface area (Å²) < 4.78 is 0. The van der Waals surface area contributed by atoms with E-state index in [1.807, 2.05) is 11.0 Å². The first-order valence-corrected chi connectivity index (χ1v) is 9.97. The smallest absolute Gasteiger partial charge is 0.274 e. The summed E-state index contributed by atoms with van der Waals surface area (Å²) in [5, 5.41) is 0. The van der Waals surface area contributed by atoms with E-state index in [0.29, 0.717) is 5.69 Å². The van der Waals surface area contributed by atoms with Gasteiger partial charge in [0.05, 0.1) is 12.4 Å². The zero-order valence-electron chi connectivity index (χ0n) is 15.8. The van der Waals surface area contributed by atoms with Crippen molar-refractivity contribution in [2.24, 2.45) is 0 Å². The molecule has 0 N–H and O–H groups in total. The summed E-state index contributed by atoms with van der Waals surface area (Å²) in [6.45, 7) is 5.40. The van der Waals surface area contributed by atoms with Gasteiger partial charge in [0.2, 0.25) is 0 Å². The summed E-state index contributed by atoms with van der Waals surface area (Å²) in [6.07, 6.45) is 7.99. The molecule has 6 heteroatoms. The average Bonchev–Trinajstić information content (AvgIpc) is 3.04. The molecule has 0 saturated carbocycles. The third-order valence-corrected chi connectivity index (χ3v) is 5.48. The van der Waals surface area contributed by atoms with E-state index in [-0.39, 0.29) is 5.91 Å². The lowest BCUT2D eigenvalue weighted by Crippen LogP contribution is -2.46. The molecule has 0 atom stereocenters. The molecule has 0 aliphatic carbocycles. The fraction of sp³-hybridized carbons (Fsp3) is 0.476. The van der Waals surface area contributed by atoms with Crippen LogP contribution in [0.3, 0.4) is 0 Å². The standard InChI is InChI=1S/C21H27N5O/c27-21(26-10-6-1-2-7-11-26)19-16-23-20(17-22-19)25-14-12-24(13-15-25)18-8-4-3-5-9-18/h3-5,8-9,16-17H,1-2,6-7,10-15H2. The first kappa shape index (κ1) is 17.8. The molecule has 0 unspecified atom stereocenters. The highest BCUT2D eigenvalue weighted by atomic mass is 16.2. The zero-order valence-corrected chi connectivity index (χ0v) is 15.8.